The van der Waals surface area contributed by atoms with E-state index < -0.39 is 10.0 Å². The van der Waals surface area contributed by atoms with Gasteiger partial charge in [-0.05, 0) is 42.3 Å². The highest BCUT2D eigenvalue weighted by Crippen LogP contribution is 2.28. The number of piperazine rings is 1. The van der Waals surface area contributed by atoms with Crippen LogP contribution in [0.3, 0.4) is 0 Å². The van der Waals surface area contributed by atoms with Crippen LogP contribution in [0.25, 0.3) is 10.1 Å². The van der Waals surface area contributed by atoms with Gasteiger partial charge >= 0.3 is 0 Å². The van der Waals surface area contributed by atoms with Crippen molar-refractivity contribution < 1.29 is 13.2 Å². The van der Waals surface area contributed by atoms with Crippen molar-refractivity contribution in [3.63, 3.8) is 0 Å². The van der Waals surface area contributed by atoms with Crippen molar-refractivity contribution in [2.24, 2.45) is 0 Å². The molecule has 152 valence electrons. The van der Waals surface area contributed by atoms with Crippen LogP contribution in [0.4, 0.5) is 0 Å². The summed E-state index contributed by atoms with van der Waals surface area (Å²) in [4.78, 5) is 16.8. The Morgan fingerprint density at radius 1 is 1.03 bits per heavy atom. The van der Waals surface area contributed by atoms with Crippen molar-refractivity contribution in [3.05, 3.63) is 65.7 Å². The molecule has 0 spiro atoms. The SMILES string of the molecule is CN1CCN(C(=O)c2cccc(CNS(=O)(=O)c3cc4ccccc4s3)c2)CC1. The Morgan fingerprint density at radius 2 is 1.79 bits per heavy atom. The van der Waals surface area contributed by atoms with Gasteiger partial charge in [-0.15, -0.1) is 11.3 Å². The molecule has 3 aromatic rings. The molecular weight excluding hydrogens is 406 g/mol. The quantitative estimate of drug-likeness (QED) is 0.677. The van der Waals surface area contributed by atoms with Crippen LogP contribution in [0.1, 0.15) is 15.9 Å². The van der Waals surface area contributed by atoms with Gasteiger partial charge in [0.2, 0.25) is 10.0 Å². The van der Waals surface area contributed by atoms with Gasteiger partial charge in [-0.1, -0.05) is 30.3 Å². The third-order valence-electron chi connectivity index (χ3n) is 5.10. The Bertz CT molecular complexity index is 1100. The molecule has 1 fully saturated rings. The fourth-order valence-electron chi connectivity index (χ4n) is 3.35. The lowest BCUT2D eigenvalue weighted by Crippen LogP contribution is -2.47. The fraction of sp³-hybridized carbons (Fsp3) is 0.286. The van der Waals surface area contributed by atoms with Gasteiger partial charge in [0.05, 0.1) is 0 Å². The average Bonchev–Trinajstić information content (AvgIpc) is 3.18. The number of hydrogen-bond acceptors (Lipinski definition) is 5. The summed E-state index contributed by atoms with van der Waals surface area (Å²) in [7, 11) is -1.57. The number of likely N-dealkylation sites (N-methyl/N-ethyl adjacent to an activating group) is 1. The predicted molar refractivity (Wildman–Crippen MR) is 116 cm³/mol. The standard InChI is InChI=1S/C21H23N3O3S2/c1-23-9-11-24(12-10-23)21(25)18-7-4-5-16(13-18)15-22-29(26,27)20-14-17-6-2-3-8-19(17)28-20/h2-8,13-14,22H,9-12,15H2,1H3. The maximum atomic E-state index is 12.8. The van der Waals surface area contributed by atoms with Crippen LogP contribution in [0.15, 0.2) is 58.8 Å². The highest BCUT2D eigenvalue weighted by atomic mass is 32.2. The molecule has 2 aromatic carbocycles. The first-order valence-corrected chi connectivity index (χ1v) is 11.8. The first-order valence-electron chi connectivity index (χ1n) is 9.47. The number of rotatable bonds is 5. The molecule has 6 nitrogen and oxygen atoms in total. The summed E-state index contributed by atoms with van der Waals surface area (Å²) in [6.07, 6.45) is 0. The van der Waals surface area contributed by atoms with Gasteiger partial charge in [-0.3, -0.25) is 4.79 Å². The normalized spacial score (nSPS) is 15.7. The van der Waals surface area contributed by atoms with E-state index in [2.05, 4.69) is 9.62 Å². The Hall–Kier alpha value is -2.26. The summed E-state index contributed by atoms with van der Waals surface area (Å²) in [6.45, 7) is 3.28. The summed E-state index contributed by atoms with van der Waals surface area (Å²) >= 11 is 1.25. The lowest BCUT2D eigenvalue weighted by Gasteiger charge is -2.32. The monoisotopic (exact) mass is 429 g/mol. The van der Waals surface area contributed by atoms with Crippen molar-refractivity contribution in [2.45, 2.75) is 10.8 Å². The molecule has 1 N–H and O–H groups in total. The molecule has 1 aliphatic rings. The third kappa shape index (κ3) is 4.51. The van der Waals surface area contributed by atoms with Crippen LogP contribution >= 0.6 is 11.3 Å². The van der Waals surface area contributed by atoms with E-state index in [-0.39, 0.29) is 12.5 Å². The van der Waals surface area contributed by atoms with E-state index in [1.807, 2.05) is 42.3 Å². The second-order valence-electron chi connectivity index (χ2n) is 7.22. The number of carbonyl (C=O) groups excluding carboxylic acids is 1. The summed E-state index contributed by atoms with van der Waals surface area (Å²) in [6, 6.07) is 16.5. The van der Waals surface area contributed by atoms with E-state index in [4.69, 9.17) is 0 Å². The average molecular weight is 430 g/mol. The first-order chi connectivity index (χ1) is 13.9. The minimum atomic E-state index is -3.61. The van der Waals surface area contributed by atoms with Gasteiger partial charge in [-0.25, -0.2) is 13.1 Å². The van der Waals surface area contributed by atoms with Crippen LogP contribution in [-0.2, 0) is 16.6 Å². The molecular formula is C21H23N3O3S2. The second-order valence-corrected chi connectivity index (χ2v) is 10.3. The molecule has 0 atom stereocenters. The number of thiophene rings is 1. The molecule has 1 amide bonds. The van der Waals surface area contributed by atoms with Crippen LogP contribution in [0, 0.1) is 0 Å². The Morgan fingerprint density at radius 3 is 2.55 bits per heavy atom. The van der Waals surface area contributed by atoms with Gasteiger partial charge in [-0.2, -0.15) is 0 Å². The van der Waals surface area contributed by atoms with E-state index >= 15 is 0 Å². The van der Waals surface area contributed by atoms with Crippen LogP contribution in [0.5, 0.6) is 0 Å². The number of nitrogens with one attached hydrogen (secondary N) is 1. The minimum Gasteiger partial charge on any atom is -0.336 e. The zero-order chi connectivity index (χ0) is 20.4. The third-order valence-corrected chi connectivity index (χ3v) is 8.09. The fourth-order valence-corrected chi connectivity index (χ4v) is 5.81. The molecule has 0 saturated carbocycles. The largest absolute Gasteiger partial charge is 0.336 e. The van der Waals surface area contributed by atoms with Gasteiger partial charge in [0, 0.05) is 43.0 Å². The number of hydrogen-bond donors (Lipinski definition) is 1. The van der Waals surface area contributed by atoms with E-state index in [9.17, 15) is 13.2 Å². The number of carbonyl (C=O) groups is 1. The Labute approximate surface area is 174 Å². The van der Waals surface area contributed by atoms with E-state index in [1.54, 1.807) is 24.3 Å². The van der Waals surface area contributed by atoms with Crippen molar-refractivity contribution >= 4 is 37.4 Å². The zero-order valence-corrected chi connectivity index (χ0v) is 17.8. The Kier molecular flexibility index (Phi) is 5.69. The number of benzene rings is 2. The van der Waals surface area contributed by atoms with Crippen molar-refractivity contribution in [2.75, 3.05) is 33.2 Å². The molecule has 0 aliphatic carbocycles. The zero-order valence-electron chi connectivity index (χ0n) is 16.2. The van der Waals surface area contributed by atoms with Crippen LogP contribution in [0.2, 0.25) is 0 Å². The molecule has 1 aliphatic heterocycles. The second kappa shape index (κ2) is 8.23. The number of fused-ring (bicyclic) bond motifs is 1. The van der Waals surface area contributed by atoms with E-state index in [0.29, 0.717) is 22.9 Å². The predicted octanol–water partition coefficient (Wildman–Crippen LogP) is 2.77. The maximum absolute atomic E-state index is 12.8. The minimum absolute atomic E-state index is 0.00712. The molecule has 0 bridgehead atoms. The van der Waals surface area contributed by atoms with Crippen molar-refractivity contribution in [1.29, 1.82) is 0 Å². The smallest absolute Gasteiger partial charge is 0.253 e. The highest BCUT2D eigenvalue weighted by Gasteiger charge is 2.21. The number of sulfonamides is 1. The molecule has 2 heterocycles. The van der Waals surface area contributed by atoms with Gasteiger partial charge in [0.1, 0.15) is 4.21 Å². The molecule has 0 unspecified atom stereocenters. The highest BCUT2D eigenvalue weighted by molar-refractivity contribution is 7.91. The molecule has 0 radical (unpaired) electrons. The molecule has 1 saturated heterocycles. The van der Waals surface area contributed by atoms with Crippen LogP contribution in [-0.4, -0.2) is 57.4 Å². The lowest BCUT2D eigenvalue weighted by atomic mass is 10.1. The van der Waals surface area contributed by atoms with Crippen molar-refractivity contribution in [1.82, 2.24) is 14.5 Å². The Balaban J connectivity index is 1.45. The number of amides is 1. The molecule has 4 rings (SSSR count). The lowest BCUT2D eigenvalue weighted by molar-refractivity contribution is 0.0664. The van der Waals surface area contributed by atoms with Gasteiger partial charge in [0.15, 0.2) is 0 Å². The first kappa shape index (κ1) is 20.0. The van der Waals surface area contributed by atoms with Gasteiger partial charge < -0.3 is 9.80 Å². The van der Waals surface area contributed by atoms with E-state index in [1.165, 1.54) is 11.3 Å². The van der Waals surface area contributed by atoms with E-state index in [0.717, 1.165) is 28.7 Å². The molecule has 29 heavy (non-hydrogen) atoms. The molecule has 1 aromatic heterocycles. The summed E-state index contributed by atoms with van der Waals surface area (Å²) in [5.74, 6) is -0.00712. The summed E-state index contributed by atoms with van der Waals surface area (Å²) in [5.41, 5.74) is 1.35. The molecule has 8 heteroatoms. The van der Waals surface area contributed by atoms with Crippen LogP contribution < -0.4 is 4.72 Å². The maximum Gasteiger partial charge on any atom is 0.253 e. The summed E-state index contributed by atoms with van der Waals surface area (Å²) < 4.78 is 29.3. The summed E-state index contributed by atoms with van der Waals surface area (Å²) in [5, 5.41) is 0.914. The topological polar surface area (TPSA) is 69.7 Å². The number of nitrogens with zero attached hydrogens (tertiary/aromatic N) is 2. The van der Waals surface area contributed by atoms with Crippen molar-refractivity contribution in [3.8, 4) is 0 Å². The van der Waals surface area contributed by atoms with Gasteiger partial charge in [0.25, 0.3) is 5.91 Å².